The molecular formula is C11H11FN2. The molecule has 0 bridgehead atoms. The highest BCUT2D eigenvalue weighted by Crippen LogP contribution is 2.31. The van der Waals surface area contributed by atoms with E-state index in [0.717, 1.165) is 23.9 Å². The van der Waals surface area contributed by atoms with Crippen LogP contribution >= 0.6 is 0 Å². The smallest absolute Gasteiger partial charge is 0.147 e. The Bertz CT molecular complexity index is 501. The molecule has 1 aromatic heterocycles. The van der Waals surface area contributed by atoms with E-state index in [2.05, 4.69) is 0 Å². The molecular weight excluding hydrogens is 179 g/mol. The maximum absolute atomic E-state index is 13.6. The first-order valence-corrected chi connectivity index (χ1v) is 4.81. The molecule has 0 saturated carbocycles. The standard InChI is InChI=1S/C11H11FN2/c12-9-3-1-2-7-6-8-4-5-10(13)14(8)11(7)9/h1-3,6,10H,4-5,13H2. The lowest BCUT2D eigenvalue weighted by molar-refractivity contribution is 0.552. The number of hydrogen-bond acceptors (Lipinski definition) is 1. The number of aryl methyl sites for hydroxylation is 1. The van der Waals surface area contributed by atoms with Gasteiger partial charge in [-0.1, -0.05) is 12.1 Å². The first-order chi connectivity index (χ1) is 6.77. The van der Waals surface area contributed by atoms with Gasteiger partial charge in [-0.2, -0.15) is 0 Å². The van der Waals surface area contributed by atoms with Crippen molar-refractivity contribution in [3.63, 3.8) is 0 Å². The van der Waals surface area contributed by atoms with Crippen LogP contribution in [0.1, 0.15) is 18.3 Å². The number of para-hydroxylation sites is 1. The molecule has 14 heavy (non-hydrogen) atoms. The van der Waals surface area contributed by atoms with Crippen LogP contribution in [0.4, 0.5) is 4.39 Å². The highest BCUT2D eigenvalue weighted by Gasteiger charge is 2.22. The average molecular weight is 190 g/mol. The van der Waals surface area contributed by atoms with E-state index in [-0.39, 0.29) is 12.0 Å². The van der Waals surface area contributed by atoms with Crippen LogP contribution in [0.15, 0.2) is 24.3 Å². The van der Waals surface area contributed by atoms with Gasteiger partial charge in [-0.15, -0.1) is 0 Å². The Morgan fingerprint density at radius 3 is 3.14 bits per heavy atom. The van der Waals surface area contributed by atoms with Gasteiger partial charge in [0.2, 0.25) is 0 Å². The van der Waals surface area contributed by atoms with E-state index in [1.807, 2.05) is 16.7 Å². The fourth-order valence-electron chi connectivity index (χ4n) is 2.29. The summed E-state index contributed by atoms with van der Waals surface area (Å²) in [6.45, 7) is 0. The fraction of sp³-hybridized carbons (Fsp3) is 0.273. The Morgan fingerprint density at radius 1 is 1.43 bits per heavy atom. The molecule has 1 aliphatic rings. The van der Waals surface area contributed by atoms with E-state index < -0.39 is 0 Å². The molecule has 2 nitrogen and oxygen atoms in total. The van der Waals surface area contributed by atoms with Gasteiger partial charge in [0.15, 0.2) is 0 Å². The molecule has 0 fully saturated rings. The Balaban J connectivity index is 2.44. The lowest BCUT2D eigenvalue weighted by Crippen LogP contribution is -2.13. The summed E-state index contributed by atoms with van der Waals surface area (Å²) in [7, 11) is 0. The monoisotopic (exact) mass is 190 g/mol. The van der Waals surface area contributed by atoms with Crippen LogP contribution in [-0.4, -0.2) is 4.57 Å². The number of fused-ring (bicyclic) bond motifs is 3. The minimum absolute atomic E-state index is 0.0561. The molecule has 3 rings (SSSR count). The summed E-state index contributed by atoms with van der Waals surface area (Å²) < 4.78 is 15.5. The number of rotatable bonds is 0. The van der Waals surface area contributed by atoms with E-state index in [1.165, 1.54) is 6.07 Å². The van der Waals surface area contributed by atoms with Gasteiger partial charge >= 0.3 is 0 Å². The van der Waals surface area contributed by atoms with Crippen LogP contribution in [0.2, 0.25) is 0 Å². The summed E-state index contributed by atoms with van der Waals surface area (Å²) in [6, 6.07) is 7.18. The average Bonchev–Trinajstić information content (AvgIpc) is 2.67. The fourth-order valence-corrected chi connectivity index (χ4v) is 2.29. The number of benzene rings is 1. The molecule has 0 radical (unpaired) electrons. The van der Waals surface area contributed by atoms with Gasteiger partial charge in [-0.05, 0) is 25.0 Å². The van der Waals surface area contributed by atoms with Gasteiger partial charge in [-0.25, -0.2) is 4.39 Å². The summed E-state index contributed by atoms with van der Waals surface area (Å²) in [6.07, 6.45) is 1.81. The molecule has 1 aromatic carbocycles. The van der Waals surface area contributed by atoms with E-state index >= 15 is 0 Å². The van der Waals surface area contributed by atoms with E-state index in [1.54, 1.807) is 6.07 Å². The zero-order valence-electron chi connectivity index (χ0n) is 7.70. The van der Waals surface area contributed by atoms with E-state index in [9.17, 15) is 4.39 Å². The second-order valence-corrected chi connectivity index (χ2v) is 3.79. The second-order valence-electron chi connectivity index (χ2n) is 3.79. The summed E-state index contributed by atoms with van der Waals surface area (Å²) in [5.74, 6) is -0.175. The van der Waals surface area contributed by atoms with Crippen molar-refractivity contribution in [2.24, 2.45) is 5.73 Å². The number of nitrogens with zero attached hydrogens (tertiary/aromatic N) is 1. The van der Waals surface area contributed by atoms with Crippen LogP contribution in [-0.2, 0) is 6.42 Å². The molecule has 1 aliphatic heterocycles. The third kappa shape index (κ3) is 0.876. The van der Waals surface area contributed by atoms with Crippen LogP contribution < -0.4 is 5.73 Å². The van der Waals surface area contributed by atoms with Crippen molar-refractivity contribution in [2.45, 2.75) is 19.0 Å². The number of aromatic nitrogens is 1. The quantitative estimate of drug-likeness (QED) is 0.678. The highest BCUT2D eigenvalue weighted by atomic mass is 19.1. The van der Waals surface area contributed by atoms with Gasteiger partial charge in [-0.3, -0.25) is 0 Å². The van der Waals surface area contributed by atoms with Crippen molar-refractivity contribution in [3.05, 3.63) is 35.8 Å². The van der Waals surface area contributed by atoms with Crippen molar-refractivity contribution >= 4 is 10.9 Å². The SMILES string of the molecule is NC1CCc2cc3cccc(F)c3n21. The highest BCUT2D eigenvalue weighted by molar-refractivity contribution is 5.82. The molecule has 3 heteroatoms. The molecule has 2 heterocycles. The van der Waals surface area contributed by atoms with Crippen LogP contribution in [0.5, 0.6) is 0 Å². The molecule has 2 N–H and O–H groups in total. The Kier molecular flexibility index (Phi) is 1.47. The summed E-state index contributed by atoms with van der Waals surface area (Å²) in [5, 5.41) is 0.954. The predicted molar refractivity (Wildman–Crippen MR) is 53.4 cm³/mol. The van der Waals surface area contributed by atoms with Crippen molar-refractivity contribution in [3.8, 4) is 0 Å². The van der Waals surface area contributed by atoms with Gasteiger partial charge in [0.25, 0.3) is 0 Å². The van der Waals surface area contributed by atoms with Crippen molar-refractivity contribution in [1.29, 1.82) is 0 Å². The summed E-state index contributed by atoms with van der Waals surface area (Å²) >= 11 is 0. The topological polar surface area (TPSA) is 30.9 Å². The van der Waals surface area contributed by atoms with E-state index in [4.69, 9.17) is 5.73 Å². The maximum atomic E-state index is 13.6. The summed E-state index contributed by atoms with van der Waals surface area (Å²) in [5.41, 5.74) is 7.73. The number of hydrogen-bond donors (Lipinski definition) is 1. The molecule has 0 spiro atoms. The van der Waals surface area contributed by atoms with Crippen LogP contribution in [0.3, 0.4) is 0 Å². The number of halogens is 1. The van der Waals surface area contributed by atoms with Crippen LogP contribution in [0.25, 0.3) is 10.9 Å². The molecule has 2 aromatic rings. The third-order valence-corrected chi connectivity index (χ3v) is 2.92. The summed E-state index contributed by atoms with van der Waals surface area (Å²) in [4.78, 5) is 0. The molecule has 0 aliphatic carbocycles. The third-order valence-electron chi connectivity index (χ3n) is 2.92. The first-order valence-electron chi connectivity index (χ1n) is 4.81. The predicted octanol–water partition coefficient (Wildman–Crippen LogP) is 2.18. The molecule has 0 saturated heterocycles. The van der Waals surface area contributed by atoms with Gasteiger partial charge in [0.1, 0.15) is 5.82 Å². The number of nitrogens with two attached hydrogens (primary N) is 1. The molecule has 72 valence electrons. The Labute approximate surface area is 81.1 Å². The zero-order valence-corrected chi connectivity index (χ0v) is 7.70. The van der Waals surface area contributed by atoms with Gasteiger partial charge < -0.3 is 10.3 Å². The Hall–Kier alpha value is -1.35. The maximum Gasteiger partial charge on any atom is 0.147 e. The molecule has 1 atom stereocenters. The largest absolute Gasteiger partial charge is 0.326 e. The van der Waals surface area contributed by atoms with Crippen LogP contribution in [0, 0.1) is 5.82 Å². The Morgan fingerprint density at radius 2 is 2.29 bits per heavy atom. The van der Waals surface area contributed by atoms with Crippen molar-refractivity contribution < 1.29 is 4.39 Å². The van der Waals surface area contributed by atoms with Gasteiger partial charge in [0, 0.05) is 11.1 Å². The van der Waals surface area contributed by atoms with E-state index in [0.29, 0.717) is 5.52 Å². The van der Waals surface area contributed by atoms with Crippen molar-refractivity contribution in [2.75, 3.05) is 0 Å². The molecule has 0 amide bonds. The lowest BCUT2D eigenvalue weighted by Gasteiger charge is -2.08. The zero-order chi connectivity index (χ0) is 9.71. The first kappa shape index (κ1) is 8.00. The lowest BCUT2D eigenvalue weighted by atomic mass is 10.2. The minimum Gasteiger partial charge on any atom is -0.326 e. The molecule has 1 unspecified atom stereocenters. The normalized spacial score (nSPS) is 20.3. The second kappa shape index (κ2) is 2.58. The minimum atomic E-state index is -0.175. The van der Waals surface area contributed by atoms with Gasteiger partial charge in [0.05, 0.1) is 11.7 Å². The van der Waals surface area contributed by atoms with Crippen molar-refractivity contribution in [1.82, 2.24) is 4.57 Å².